The molecule has 4 aromatic rings. The molecule has 0 unspecified atom stereocenters. The number of nitrogens with one attached hydrogen (secondary N) is 1. The van der Waals surface area contributed by atoms with Crippen LogP contribution < -0.4 is 15.0 Å². The van der Waals surface area contributed by atoms with Gasteiger partial charge in [-0.05, 0) is 91.3 Å². The summed E-state index contributed by atoms with van der Waals surface area (Å²) in [6.07, 6.45) is 3.94. The van der Waals surface area contributed by atoms with Crippen LogP contribution in [0.25, 0.3) is 5.69 Å². The Kier molecular flexibility index (Phi) is 6.55. The van der Waals surface area contributed by atoms with Gasteiger partial charge in [-0.1, -0.05) is 32.0 Å². The predicted octanol–water partition coefficient (Wildman–Crippen LogP) is 6.57. The molecule has 2 aromatic heterocycles. The maximum atomic E-state index is 5.90. The van der Waals surface area contributed by atoms with Gasteiger partial charge in [0.25, 0.3) is 0 Å². The van der Waals surface area contributed by atoms with Gasteiger partial charge in [-0.15, -0.1) is 0 Å². The van der Waals surface area contributed by atoms with Crippen LogP contribution in [0.4, 0.5) is 5.69 Å². The van der Waals surface area contributed by atoms with Gasteiger partial charge in [-0.3, -0.25) is 4.98 Å². The molecule has 0 amide bonds. The number of benzene rings is 2. The van der Waals surface area contributed by atoms with Crippen molar-refractivity contribution < 1.29 is 4.74 Å². The molecule has 0 spiro atoms. The first-order chi connectivity index (χ1) is 17.1. The fourth-order valence-corrected chi connectivity index (χ4v) is 5.04. The second-order valence-electron chi connectivity index (χ2n) is 8.97. The number of pyridine rings is 1. The number of ether oxygens (including phenoxy) is 1. The molecule has 6 heteroatoms. The highest BCUT2D eigenvalue weighted by atomic mass is 32.1. The maximum Gasteiger partial charge on any atom is 0.174 e. The number of nitrogens with zero attached hydrogens (tertiary/aromatic N) is 3. The fraction of sp³-hybridized carbons (Fsp3) is 0.241. The minimum Gasteiger partial charge on any atom is -0.494 e. The van der Waals surface area contributed by atoms with Crippen LogP contribution in [0, 0.1) is 0 Å². The van der Waals surface area contributed by atoms with Gasteiger partial charge in [0.1, 0.15) is 11.8 Å². The Hall–Kier alpha value is -3.64. The quantitative estimate of drug-likeness (QED) is 0.302. The van der Waals surface area contributed by atoms with Crippen molar-refractivity contribution in [1.29, 1.82) is 0 Å². The summed E-state index contributed by atoms with van der Waals surface area (Å²) in [7, 11) is 0. The summed E-state index contributed by atoms with van der Waals surface area (Å²) in [5.74, 6) is 1.34. The zero-order valence-corrected chi connectivity index (χ0v) is 21.1. The van der Waals surface area contributed by atoms with Gasteiger partial charge in [0.15, 0.2) is 5.11 Å². The van der Waals surface area contributed by atoms with E-state index >= 15 is 0 Å². The second-order valence-corrected chi connectivity index (χ2v) is 9.36. The first kappa shape index (κ1) is 23.1. The summed E-state index contributed by atoms with van der Waals surface area (Å²) in [5, 5.41) is 4.26. The largest absolute Gasteiger partial charge is 0.494 e. The number of thiocarbonyl (C=S) groups is 1. The predicted molar refractivity (Wildman–Crippen MR) is 145 cm³/mol. The molecule has 1 aliphatic heterocycles. The third kappa shape index (κ3) is 4.54. The maximum absolute atomic E-state index is 5.90. The summed E-state index contributed by atoms with van der Waals surface area (Å²) in [4.78, 5) is 6.90. The topological polar surface area (TPSA) is 42.3 Å². The molecule has 0 saturated carbocycles. The molecule has 3 heterocycles. The van der Waals surface area contributed by atoms with Crippen LogP contribution in [-0.2, 0) is 0 Å². The summed E-state index contributed by atoms with van der Waals surface area (Å²) in [6, 6.07) is 27.0. The van der Waals surface area contributed by atoms with E-state index in [9.17, 15) is 0 Å². The van der Waals surface area contributed by atoms with Gasteiger partial charge < -0.3 is 19.5 Å². The van der Waals surface area contributed by atoms with Gasteiger partial charge in [-0.2, -0.15) is 0 Å². The van der Waals surface area contributed by atoms with E-state index < -0.39 is 0 Å². The molecule has 35 heavy (non-hydrogen) atoms. The van der Waals surface area contributed by atoms with E-state index in [-0.39, 0.29) is 12.1 Å². The van der Waals surface area contributed by atoms with Crippen LogP contribution >= 0.6 is 12.2 Å². The van der Waals surface area contributed by atoms with E-state index in [2.05, 4.69) is 94.4 Å². The average Bonchev–Trinajstić information content (AvgIpc) is 3.49. The lowest BCUT2D eigenvalue weighted by atomic mass is 9.99. The summed E-state index contributed by atoms with van der Waals surface area (Å²) in [6.45, 7) is 7.06. The number of hydrogen-bond acceptors (Lipinski definition) is 3. The fourth-order valence-electron chi connectivity index (χ4n) is 4.69. The molecule has 0 radical (unpaired) electrons. The first-order valence-electron chi connectivity index (χ1n) is 12.1. The lowest BCUT2D eigenvalue weighted by Gasteiger charge is -2.29. The first-order valence-corrected chi connectivity index (χ1v) is 12.5. The van der Waals surface area contributed by atoms with Crippen LogP contribution in [0.1, 0.15) is 55.7 Å². The lowest BCUT2D eigenvalue weighted by Crippen LogP contribution is -2.30. The number of hydrogen-bond donors (Lipinski definition) is 1. The molecule has 1 fully saturated rings. The van der Waals surface area contributed by atoms with Crippen molar-refractivity contribution in [2.24, 2.45) is 0 Å². The van der Waals surface area contributed by atoms with Crippen LogP contribution in [0.5, 0.6) is 5.75 Å². The smallest absolute Gasteiger partial charge is 0.174 e. The highest BCUT2D eigenvalue weighted by Crippen LogP contribution is 2.42. The Bertz CT molecular complexity index is 1280. The zero-order chi connectivity index (χ0) is 24.4. The highest BCUT2D eigenvalue weighted by Gasteiger charge is 2.42. The molecule has 1 aliphatic rings. The van der Waals surface area contributed by atoms with E-state index in [0.29, 0.717) is 17.6 Å². The molecule has 1 saturated heterocycles. The molecular weight excluding hydrogens is 452 g/mol. The van der Waals surface area contributed by atoms with E-state index in [4.69, 9.17) is 17.0 Å². The Labute approximate surface area is 212 Å². The van der Waals surface area contributed by atoms with Crippen LogP contribution in [0.15, 0.2) is 91.3 Å². The van der Waals surface area contributed by atoms with E-state index in [1.165, 1.54) is 5.56 Å². The highest BCUT2D eigenvalue weighted by molar-refractivity contribution is 7.80. The number of aromatic nitrogens is 2. The molecule has 178 valence electrons. The van der Waals surface area contributed by atoms with Crippen molar-refractivity contribution in [3.05, 3.63) is 108 Å². The molecule has 2 atom stereocenters. The standard InChI is InChI=1S/C29H30N4OS/c1-4-34-24-16-14-22(15-17-24)32-19-7-9-26(32)28-27(25-8-5-6-18-30-25)31-29(35)33(28)23-12-10-21(11-13-23)20(2)3/h5-20,27-28H,4H2,1-3H3,(H,31,35)/t27-,28+/m0/s1. The van der Waals surface area contributed by atoms with Gasteiger partial charge in [-0.25, -0.2) is 0 Å². The summed E-state index contributed by atoms with van der Waals surface area (Å²) in [5.41, 5.74) is 5.53. The van der Waals surface area contributed by atoms with Crippen molar-refractivity contribution in [1.82, 2.24) is 14.9 Å². The Morgan fingerprint density at radius 2 is 1.69 bits per heavy atom. The zero-order valence-electron chi connectivity index (χ0n) is 20.3. The van der Waals surface area contributed by atoms with E-state index in [1.807, 2.05) is 37.4 Å². The third-order valence-corrected chi connectivity index (χ3v) is 6.76. The van der Waals surface area contributed by atoms with Gasteiger partial charge >= 0.3 is 0 Å². The van der Waals surface area contributed by atoms with Crippen molar-refractivity contribution in [2.45, 2.75) is 38.8 Å². The number of rotatable bonds is 7. The molecule has 5 nitrogen and oxygen atoms in total. The molecule has 5 rings (SSSR count). The van der Waals surface area contributed by atoms with E-state index in [1.54, 1.807) is 0 Å². The lowest BCUT2D eigenvalue weighted by molar-refractivity contribution is 0.340. The van der Waals surface area contributed by atoms with Crippen LogP contribution in [0.2, 0.25) is 0 Å². The van der Waals surface area contributed by atoms with Gasteiger partial charge in [0.2, 0.25) is 0 Å². The summed E-state index contributed by atoms with van der Waals surface area (Å²) >= 11 is 5.90. The molecular formula is C29H30N4OS. The Morgan fingerprint density at radius 1 is 0.943 bits per heavy atom. The SMILES string of the molecule is CCOc1ccc(-n2cccc2[C@@H]2[C@H](c3ccccn3)NC(=S)N2c2ccc(C(C)C)cc2)cc1. The van der Waals surface area contributed by atoms with Crippen molar-refractivity contribution in [2.75, 3.05) is 11.5 Å². The van der Waals surface area contributed by atoms with Crippen molar-refractivity contribution >= 4 is 23.0 Å². The van der Waals surface area contributed by atoms with Gasteiger partial charge in [0.05, 0.1) is 18.3 Å². The minimum atomic E-state index is -0.0928. The normalized spacial score (nSPS) is 17.6. The molecule has 0 aliphatic carbocycles. The third-order valence-electron chi connectivity index (χ3n) is 6.45. The Morgan fingerprint density at radius 3 is 2.34 bits per heavy atom. The average molecular weight is 483 g/mol. The second kappa shape index (κ2) is 9.92. The number of anilines is 1. The van der Waals surface area contributed by atoms with E-state index in [0.717, 1.165) is 28.5 Å². The summed E-state index contributed by atoms with van der Waals surface area (Å²) < 4.78 is 7.87. The monoisotopic (exact) mass is 482 g/mol. The van der Waals surface area contributed by atoms with Gasteiger partial charge in [0, 0.05) is 29.5 Å². The Balaban J connectivity index is 1.60. The van der Waals surface area contributed by atoms with Crippen molar-refractivity contribution in [3.63, 3.8) is 0 Å². The van der Waals surface area contributed by atoms with Crippen LogP contribution in [0.3, 0.4) is 0 Å². The molecule has 2 aromatic carbocycles. The minimum absolute atomic E-state index is 0.0798. The molecule has 0 bridgehead atoms. The van der Waals surface area contributed by atoms with Crippen molar-refractivity contribution in [3.8, 4) is 11.4 Å². The molecule has 1 N–H and O–H groups in total. The van der Waals surface area contributed by atoms with Crippen LogP contribution in [-0.4, -0.2) is 21.3 Å².